The number of nitrogens with zero attached hydrogens (tertiary/aromatic N) is 4. The Kier molecular flexibility index (Phi) is 24.0. The van der Waals surface area contributed by atoms with Crippen LogP contribution in [0.15, 0.2) is 109 Å². The zero-order chi connectivity index (χ0) is 83.7. The van der Waals surface area contributed by atoms with Crippen LogP contribution < -0.4 is 20.1 Å². The van der Waals surface area contributed by atoms with Gasteiger partial charge in [-0.3, -0.25) is 37.6 Å². The van der Waals surface area contributed by atoms with Crippen molar-refractivity contribution in [1.29, 1.82) is 0 Å². The van der Waals surface area contributed by atoms with Crippen molar-refractivity contribution >= 4 is 102 Å². The highest BCUT2D eigenvalue weighted by atomic mass is 16.7. The maximum absolute atomic E-state index is 14.6. The summed E-state index contributed by atoms with van der Waals surface area (Å²) >= 11 is 0. The maximum Gasteiger partial charge on any atom is 0.312 e. The first-order valence-corrected chi connectivity index (χ1v) is 37.9. The van der Waals surface area contributed by atoms with Gasteiger partial charge in [-0.15, -0.1) is 0 Å². The van der Waals surface area contributed by atoms with Crippen LogP contribution in [0.2, 0.25) is 0 Å². The van der Waals surface area contributed by atoms with Gasteiger partial charge in [-0.05, 0) is 89.1 Å². The van der Waals surface area contributed by atoms with E-state index < -0.39 is 155 Å². The molecule has 28 nitrogen and oxygen atoms in total. The number of fused-ring (bicyclic) bond motifs is 4. The first-order valence-electron chi connectivity index (χ1n) is 37.9. The average molecular weight is 1570 g/mol. The minimum Gasteiger partial charge on any atom is -0.507 e. The van der Waals surface area contributed by atoms with Crippen molar-refractivity contribution < 1.29 is 108 Å². The maximum atomic E-state index is 14.6. The number of hydrogen-bond acceptors (Lipinski definition) is 24. The number of methoxy groups -OCH3 is 2. The Hall–Kier alpha value is -10.9. The van der Waals surface area contributed by atoms with E-state index in [4.69, 9.17) is 47.9 Å². The number of anilines is 2. The number of rotatable bonds is 4. The number of allylic oxidation sites excluding steroid dienone is 4. The number of nitrogens with one attached hydrogen (secondary N) is 2. The fraction of sp³-hybridized carbons (Fsp3) is 0.442. The molecule has 608 valence electrons. The summed E-state index contributed by atoms with van der Waals surface area (Å²) in [5.41, 5.74) is 4.36. The molecule has 4 aromatic carbocycles. The SMILES string of the molecule is CO[C@H]1/C=C/O[C@@]2(C)Oc3c(C)c(O)c4c(O)c(c5c(nc6cc(C)ccn65)c4c3C2=O)NC(=O)/C(C)=C\C=C\[C@H](C)[C@H](O)[C@@H](C)[C@@H](O)[C@@H](C)[C@H](OC(C)=O)[C@@H]1C.CO[C@H]1/C=C/O[C@@]2(C)Oc3c(C)c(O)c4c(O)c(c5c(nc6cc(C)ccn65)c4c3C2=O)NC(=O)/C(C)=C\C=C\[C@H](C)[C@H](O)[C@@H](C)[C@@H](O)[C@@H](C)[C@H](OC(C)=O)[C@@H]1C. The largest absolute Gasteiger partial charge is 0.507 e. The number of aromatic nitrogens is 4. The normalized spacial score (nSPS) is 30.8. The number of benzene rings is 4. The number of ketones is 2. The summed E-state index contributed by atoms with van der Waals surface area (Å²) in [4.78, 5) is 91.1. The Balaban J connectivity index is 0.000000225. The molecule has 28 heteroatoms. The smallest absolute Gasteiger partial charge is 0.312 e. The Labute approximate surface area is 659 Å². The zero-order valence-electron chi connectivity index (χ0n) is 67.6. The molecule has 0 spiro atoms. The van der Waals surface area contributed by atoms with E-state index in [-0.39, 0.29) is 111 Å². The van der Waals surface area contributed by atoms with E-state index in [0.717, 1.165) is 11.1 Å². The van der Waals surface area contributed by atoms with Crippen LogP contribution in [-0.4, -0.2) is 170 Å². The van der Waals surface area contributed by atoms with Crippen LogP contribution in [0.25, 0.3) is 54.9 Å². The second kappa shape index (κ2) is 32.5. The number of Topliss-reactive ketones (excluding diaryl/α,β-unsaturated/α-hetero) is 2. The van der Waals surface area contributed by atoms with Crippen molar-refractivity contribution in [1.82, 2.24) is 18.8 Å². The standard InChI is InChI=1S/2C43H51N3O11/c2*1-19-14-16-46-28(18-19)44-32-29-30-37(50)25(7)40-31(29)41(52)43(9,57-40)55-17-15-27(54-10)22(4)39(56-26(8)47)24(6)36(49)23(5)35(48)20(2)12-11-13-21(3)42(53)45-33(34(32)46)38(30)51/h2*11-18,20,22-24,27,35-36,39,48-51H,1-10H3,(H,45,53)/b2*12-11+,17-15+,21-13-/t2*20-,22+,23+,24+,27-,35-,36+,39+,43-/m00/s1. The number of phenols is 4. The van der Waals surface area contributed by atoms with Crippen LogP contribution in [0, 0.1) is 75.0 Å². The molecule has 10 N–H and O–H groups in total. The monoisotopic (exact) mass is 1570 g/mol. The van der Waals surface area contributed by atoms with Gasteiger partial charge >= 0.3 is 23.5 Å². The number of aromatic hydroxyl groups is 4. The molecular formula is C86H102N6O22. The molecule has 4 aliphatic heterocycles. The van der Waals surface area contributed by atoms with Crippen LogP contribution in [0.3, 0.4) is 0 Å². The number of ether oxygens (including phenoxy) is 8. The molecule has 8 heterocycles. The average Bonchev–Trinajstić information content (AvgIpc) is 1.53. The first kappa shape index (κ1) is 84.0. The topological polar surface area (TPSA) is 397 Å². The second-order valence-electron chi connectivity index (χ2n) is 31.2. The molecule has 0 radical (unpaired) electrons. The number of aliphatic hydroxyl groups is 4. The van der Waals surface area contributed by atoms with Gasteiger partial charge in [0, 0.05) is 135 Å². The summed E-state index contributed by atoms with van der Waals surface area (Å²) in [6.45, 7) is 29.4. The lowest BCUT2D eigenvalue weighted by Crippen LogP contribution is -2.46. The third kappa shape index (κ3) is 15.1. The summed E-state index contributed by atoms with van der Waals surface area (Å²) < 4.78 is 51.0. The molecule has 114 heavy (non-hydrogen) atoms. The van der Waals surface area contributed by atoms with E-state index in [0.29, 0.717) is 11.3 Å². The third-order valence-corrected chi connectivity index (χ3v) is 23.1. The Bertz CT molecular complexity index is 5090. The van der Waals surface area contributed by atoms with Gasteiger partial charge in [-0.25, -0.2) is 9.97 Å². The highest BCUT2D eigenvalue weighted by Crippen LogP contribution is 2.56. The zero-order valence-corrected chi connectivity index (χ0v) is 67.6. The van der Waals surface area contributed by atoms with E-state index in [1.54, 1.807) is 127 Å². The number of esters is 2. The van der Waals surface area contributed by atoms with Crippen molar-refractivity contribution in [2.24, 2.45) is 47.3 Å². The fourth-order valence-corrected chi connectivity index (χ4v) is 16.1. The minimum atomic E-state index is -1.96. The van der Waals surface area contributed by atoms with Gasteiger partial charge in [0.25, 0.3) is 23.4 Å². The van der Waals surface area contributed by atoms with Crippen molar-refractivity contribution in [3.8, 4) is 34.5 Å². The molecule has 4 aromatic heterocycles. The number of aryl methyl sites for hydroxylation is 2. The number of amides is 2. The quantitative estimate of drug-likeness (QED) is 0.0578. The summed E-state index contributed by atoms with van der Waals surface area (Å²) in [5.74, 6) is -13.9. The molecule has 12 rings (SSSR count). The van der Waals surface area contributed by atoms with Crippen LogP contribution in [0.4, 0.5) is 11.4 Å². The third-order valence-electron chi connectivity index (χ3n) is 23.1. The summed E-state index contributed by atoms with van der Waals surface area (Å²) in [6, 6.07) is 7.28. The van der Waals surface area contributed by atoms with Gasteiger partial charge in [0.15, 0.2) is 11.5 Å². The predicted molar refractivity (Wildman–Crippen MR) is 426 cm³/mol. The van der Waals surface area contributed by atoms with E-state index in [2.05, 4.69) is 10.6 Å². The first-order chi connectivity index (χ1) is 53.6. The molecule has 0 saturated heterocycles. The minimum absolute atomic E-state index is 0.0185. The second-order valence-corrected chi connectivity index (χ2v) is 31.2. The number of phenolic OH excluding ortho intramolecular Hbond substituents is 4. The molecular weight excluding hydrogens is 1470 g/mol. The van der Waals surface area contributed by atoms with Crippen molar-refractivity contribution in [3.63, 3.8) is 0 Å². The van der Waals surface area contributed by atoms with E-state index >= 15 is 0 Å². The van der Waals surface area contributed by atoms with Crippen molar-refractivity contribution in [2.45, 2.75) is 185 Å². The number of imidazole rings is 2. The lowest BCUT2D eigenvalue weighted by molar-refractivity contribution is -0.161. The lowest BCUT2D eigenvalue weighted by atomic mass is 9.78. The van der Waals surface area contributed by atoms with E-state index in [9.17, 15) is 69.6 Å². The molecule has 18 atom stereocenters. The van der Waals surface area contributed by atoms with Gasteiger partial charge in [0.2, 0.25) is 0 Å². The Morgan fingerprint density at radius 2 is 0.842 bits per heavy atom. The molecule has 0 aliphatic carbocycles. The summed E-state index contributed by atoms with van der Waals surface area (Å²) in [6.07, 6.45) is 11.2. The lowest BCUT2D eigenvalue weighted by Gasteiger charge is -2.38. The van der Waals surface area contributed by atoms with Crippen molar-refractivity contribution in [3.05, 3.63) is 142 Å². The predicted octanol–water partition coefficient (Wildman–Crippen LogP) is 12.3. The van der Waals surface area contributed by atoms with Gasteiger partial charge in [0.1, 0.15) is 79.9 Å². The van der Waals surface area contributed by atoms with E-state index in [1.165, 1.54) is 80.4 Å². The molecule has 8 aromatic rings. The Morgan fingerprint density at radius 3 is 1.18 bits per heavy atom. The molecule has 0 saturated carbocycles. The molecule has 8 bridgehead atoms. The Morgan fingerprint density at radius 1 is 0.491 bits per heavy atom. The highest BCUT2D eigenvalue weighted by Gasteiger charge is 2.52. The number of aliphatic hydroxyl groups excluding tert-OH is 4. The molecule has 0 unspecified atom stereocenters. The fourth-order valence-electron chi connectivity index (χ4n) is 16.1. The molecule has 0 fully saturated rings. The summed E-state index contributed by atoms with van der Waals surface area (Å²) in [7, 11) is 2.92. The van der Waals surface area contributed by atoms with Crippen LogP contribution in [0.1, 0.15) is 140 Å². The number of pyridine rings is 2. The van der Waals surface area contributed by atoms with Crippen molar-refractivity contribution in [2.75, 3.05) is 24.9 Å². The van der Waals surface area contributed by atoms with E-state index in [1.807, 2.05) is 38.1 Å². The van der Waals surface area contributed by atoms with Gasteiger partial charge in [-0.2, -0.15) is 0 Å². The number of carbonyl (C=O) groups is 6. The van der Waals surface area contributed by atoms with Gasteiger partial charge in [-0.1, -0.05) is 91.8 Å². The molecule has 4 aliphatic rings. The van der Waals surface area contributed by atoms with Crippen LogP contribution in [0.5, 0.6) is 34.5 Å². The summed E-state index contributed by atoms with van der Waals surface area (Å²) in [5, 5.41) is 98.8. The van der Waals surface area contributed by atoms with Crippen LogP contribution in [-0.2, 0) is 47.6 Å². The van der Waals surface area contributed by atoms with Crippen LogP contribution >= 0.6 is 0 Å². The van der Waals surface area contributed by atoms with Gasteiger partial charge < -0.3 is 89.4 Å². The highest BCUT2D eigenvalue weighted by molar-refractivity contribution is 6.30. The van der Waals surface area contributed by atoms with Gasteiger partial charge in [0.05, 0.1) is 71.0 Å². The molecule has 2 amide bonds. The number of hydrogen-bond donors (Lipinski definition) is 10. The number of carbonyl (C=O) groups excluding carboxylic acids is 6.